The van der Waals surface area contributed by atoms with Crippen molar-refractivity contribution in [1.29, 1.82) is 0 Å². The number of halogens is 1. The molecule has 3 nitrogen and oxygen atoms in total. The number of hydrogen-bond acceptors (Lipinski definition) is 3. The van der Waals surface area contributed by atoms with Crippen LogP contribution >= 0.6 is 11.6 Å². The van der Waals surface area contributed by atoms with Gasteiger partial charge in [-0.3, -0.25) is 0 Å². The highest BCUT2D eigenvalue weighted by Crippen LogP contribution is 2.20. The van der Waals surface area contributed by atoms with Crippen LogP contribution in [0.1, 0.15) is 26.0 Å². The number of aromatic nitrogens is 3. The van der Waals surface area contributed by atoms with E-state index in [2.05, 4.69) is 18.0 Å². The molecule has 0 N–H and O–H groups in total. The third kappa shape index (κ3) is 3.77. The first-order chi connectivity index (χ1) is 12.1. The molecule has 1 aromatic carbocycles. The van der Waals surface area contributed by atoms with Crippen molar-refractivity contribution in [3.05, 3.63) is 63.7 Å². The monoisotopic (exact) mass is 349 g/mol. The fourth-order valence-electron chi connectivity index (χ4n) is 2.76. The van der Waals surface area contributed by atoms with E-state index in [9.17, 15) is 0 Å². The molecule has 25 heavy (non-hydrogen) atoms. The van der Waals surface area contributed by atoms with Crippen molar-refractivity contribution < 1.29 is 0 Å². The highest BCUT2D eigenvalue weighted by molar-refractivity contribution is 6.30. The highest BCUT2D eigenvalue weighted by Gasteiger charge is 2.10. The third-order valence-electron chi connectivity index (χ3n) is 3.88. The van der Waals surface area contributed by atoms with E-state index >= 15 is 0 Å². The second-order valence-electron chi connectivity index (χ2n) is 5.77. The lowest BCUT2D eigenvalue weighted by molar-refractivity contribution is 1.07. The van der Waals surface area contributed by atoms with E-state index in [4.69, 9.17) is 21.6 Å². The summed E-state index contributed by atoms with van der Waals surface area (Å²) in [5.41, 5.74) is 3.56. The Bertz CT molecular complexity index is 1030. The van der Waals surface area contributed by atoms with Gasteiger partial charge in [0.1, 0.15) is 5.69 Å². The van der Waals surface area contributed by atoms with Crippen LogP contribution in [0, 0.1) is 6.92 Å². The van der Waals surface area contributed by atoms with E-state index < -0.39 is 0 Å². The largest absolute Gasteiger partial charge is 0.250 e. The number of aryl methyl sites for hydroxylation is 1. The maximum Gasteiger partial charge on any atom is 0.179 e. The van der Waals surface area contributed by atoms with Gasteiger partial charge >= 0.3 is 0 Å². The molecule has 0 bridgehead atoms. The normalized spacial score (nSPS) is 12.6. The molecule has 0 aliphatic carbocycles. The van der Waals surface area contributed by atoms with E-state index in [0.717, 1.165) is 39.6 Å². The van der Waals surface area contributed by atoms with Crippen LogP contribution in [0.25, 0.3) is 34.9 Å². The molecule has 0 atom stereocenters. The highest BCUT2D eigenvalue weighted by atomic mass is 35.5. The van der Waals surface area contributed by atoms with Crippen LogP contribution in [0.2, 0.25) is 5.02 Å². The first-order valence-corrected chi connectivity index (χ1v) is 8.74. The van der Waals surface area contributed by atoms with Crippen LogP contribution in [-0.2, 0) is 0 Å². The fraction of sp³-hybridized carbons (Fsp3) is 0.190. The van der Waals surface area contributed by atoms with Gasteiger partial charge in [-0.1, -0.05) is 48.9 Å². The Morgan fingerprint density at radius 2 is 1.84 bits per heavy atom. The molecule has 0 aliphatic rings. The molecule has 2 heterocycles. The van der Waals surface area contributed by atoms with E-state index in [1.807, 2.05) is 62.4 Å². The van der Waals surface area contributed by atoms with Crippen LogP contribution in [0.4, 0.5) is 0 Å². The smallest absolute Gasteiger partial charge is 0.179 e. The summed E-state index contributed by atoms with van der Waals surface area (Å²) < 4.78 is 0. The van der Waals surface area contributed by atoms with Crippen LogP contribution in [0.15, 0.2) is 42.5 Å². The molecule has 0 saturated carbocycles. The Kier molecular flexibility index (Phi) is 5.25. The van der Waals surface area contributed by atoms with E-state index in [1.165, 1.54) is 0 Å². The number of rotatable bonds is 3. The summed E-state index contributed by atoms with van der Waals surface area (Å²) >= 11 is 6.20. The standard InChI is InChI=1S/C21H20ClN3/c1-4-8-18-17(5-2)20(15-10-7-11-16(22)13-15)25-21(24-18)19-12-6-9-14(3)23-19/h5-13H,4H2,1-3H3/b17-5+,18-8+. The Hall–Kier alpha value is -2.52. The zero-order valence-electron chi connectivity index (χ0n) is 14.6. The van der Waals surface area contributed by atoms with Crippen LogP contribution < -0.4 is 10.6 Å². The molecule has 0 radical (unpaired) electrons. The van der Waals surface area contributed by atoms with Crippen LogP contribution in [0.5, 0.6) is 0 Å². The van der Waals surface area contributed by atoms with Crippen molar-refractivity contribution in [3.8, 4) is 22.8 Å². The average Bonchev–Trinajstić information content (AvgIpc) is 2.61. The van der Waals surface area contributed by atoms with E-state index in [1.54, 1.807) is 0 Å². The Morgan fingerprint density at radius 1 is 1.04 bits per heavy atom. The minimum atomic E-state index is 0.629. The van der Waals surface area contributed by atoms with Gasteiger partial charge in [0.2, 0.25) is 0 Å². The molecule has 0 fully saturated rings. The lowest BCUT2D eigenvalue weighted by Gasteiger charge is -2.08. The van der Waals surface area contributed by atoms with Gasteiger partial charge in [0.15, 0.2) is 5.82 Å². The summed E-state index contributed by atoms with van der Waals surface area (Å²) in [6.45, 7) is 6.07. The first kappa shape index (κ1) is 17.3. The quantitative estimate of drug-likeness (QED) is 0.712. The Labute approximate surface area is 152 Å². The molecule has 0 saturated heterocycles. The summed E-state index contributed by atoms with van der Waals surface area (Å²) in [6.07, 6.45) is 5.06. The molecule has 0 spiro atoms. The van der Waals surface area contributed by atoms with Gasteiger partial charge < -0.3 is 0 Å². The van der Waals surface area contributed by atoms with Gasteiger partial charge in [-0.15, -0.1) is 0 Å². The molecule has 0 unspecified atom stereocenters. The first-order valence-electron chi connectivity index (χ1n) is 8.37. The van der Waals surface area contributed by atoms with Crippen molar-refractivity contribution in [1.82, 2.24) is 15.0 Å². The van der Waals surface area contributed by atoms with Crippen molar-refractivity contribution in [2.24, 2.45) is 0 Å². The molecular weight excluding hydrogens is 330 g/mol. The van der Waals surface area contributed by atoms with Crippen LogP contribution in [0.3, 0.4) is 0 Å². The molecule has 0 amide bonds. The van der Waals surface area contributed by atoms with Crippen molar-refractivity contribution >= 4 is 23.8 Å². The predicted molar refractivity (Wildman–Crippen MR) is 105 cm³/mol. The third-order valence-corrected chi connectivity index (χ3v) is 4.11. The topological polar surface area (TPSA) is 38.7 Å². The van der Waals surface area contributed by atoms with Crippen LogP contribution in [-0.4, -0.2) is 15.0 Å². The summed E-state index contributed by atoms with van der Waals surface area (Å²) in [5, 5.41) is 2.63. The number of benzene rings is 1. The summed E-state index contributed by atoms with van der Waals surface area (Å²) in [7, 11) is 0. The number of hydrogen-bond donors (Lipinski definition) is 0. The van der Waals surface area contributed by atoms with Gasteiger partial charge in [0.25, 0.3) is 0 Å². The van der Waals surface area contributed by atoms with Crippen molar-refractivity contribution in [2.45, 2.75) is 27.2 Å². The maximum absolute atomic E-state index is 6.20. The lowest BCUT2D eigenvalue weighted by Crippen LogP contribution is -2.32. The minimum Gasteiger partial charge on any atom is -0.250 e. The predicted octanol–water partition coefficient (Wildman–Crippen LogP) is 4.16. The van der Waals surface area contributed by atoms with Gasteiger partial charge in [0.05, 0.1) is 11.0 Å². The van der Waals surface area contributed by atoms with Gasteiger partial charge in [0, 0.05) is 21.5 Å². The molecule has 3 rings (SSSR count). The molecule has 4 heteroatoms. The van der Waals surface area contributed by atoms with Gasteiger partial charge in [-0.05, 0) is 44.5 Å². The molecule has 3 aromatic rings. The van der Waals surface area contributed by atoms with Gasteiger partial charge in [-0.25, -0.2) is 15.0 Å². The number of pyridine rings is 1. The summed E-state index contributed by atoms with van der Waals surface area (Å²) in [6, 6.07) is 13.6. The Morgan fingerprint density at radius 3 is 2.52 bits per heavy atom. The van der Waals surface area contributed by atoms with E-state index in [0.29, 0.717) is 10.8 Å². The summed E-state index contributed by atoms with van der Waals surface area (Å²) in [4.78, 5) is 14.2. The zero-order valence-corrected chi connectivity index (χ0v) is 15.4. The molecular formula is C21H20ClN3. The fourth-order valence-corrected chi connectivity index (χ4v) is 2.95. The molecule has 2 aromatic heterocycles. The minimum absolute atomic E-state index is 0.629. The van der Waals surface area contributed by atoms with Crippen molar-refractivity contribution in [3.63, 3.8) is 0 Å². The SMILES string of the molecule is C/C=c1/c(-c2cccc(Cl)c2)nc(-c2cccc(C)n2)n/c1=C/CC. The molecule has 0 aliphatic heterocycles. The molecule has 126 valence electrons. The Balaban J connectivity index is 2.35. The summed E-state index contributed by atoms with van der Waals surface area (Å²) in [5.74, 6) is 0.629. The van der Waals surface area contributed by atoms with Crippen molar-refractivity contribution in [2.75, 3.05) is 0 Å². The average molecular weight is 350 g/mol. The second-order valence-corrected chi connectivity index (χ2v) is 6.21. The lowest BCUT2D eigenvalue weighted by atomic mass is 10.1. The maximum atomic E-state index is 6.20. The van der Waals surface area contributed by atoms with E-state index in [-0.39, 0.29) is 0 Å². The second kappa shape index (κ2) is 7.58. The zero-order chi connectivity index (χ0) is 17.8. The van der Waals surface area contributed by atoms with Gasteiger partial charge in [-0.2, -0.15) is 0 Å². The number of nitrogens with zero attached hydrogens (tertiary/aromatic N) is 3.